The van der Waals surface area contributed by atoms with Crippen LogP contribution in [0.2, 0.25) is 0 Å². The lowest BCUT2D eigenvalue weighted by Gasteiger charge is -2.34. The summed E-state index contributed by atoms with van der Waals surface area (Å²) in [6.45, 7) is 5.47. The Bertz CT molecular complexity index is 279. The van der Waals surface area contributed by atoms with E-state index in [9.17, 15) is 9.59 Å². The molecule has 1 rings (SSSR count). The summed E-state index contributed by atoms with van der Waals surface area (Å²) in [5.41, 5.74) is -0.473. The predicted molar refractivity (Wildman–Crippen MR) is 64.7 cm³/mol. The molecular weight excluding hydrogens is 274 g/mol. The zero-order valence-corrected chi connectivity index (χ0v) is 11.5. The fourth-order valence-corrected chi connectivity index (χ4v) is 2.04. The minimum atomic E-state index is -0.473. The number of hydrogen-bond donors (Lipinski definition) is 1. The number of alkyl carbamates (subject to hydrolysis) is 1. The molecule has 0 aromatic carbocycles. The van der Waals surface area contributed by atoms with Crippen LogP contribution in [0.3, 0.4) is 0 Å². The highest BCUT2D eigenvalue weighted by Gasteiger charge is 2.35. The van der Waals surface area contributed by atoms with Gasteiger partial charge >= 0.3 is 6.09 Å². The Morgan fingerprint density at radius 1 is 1.38 bits per heavy atom. The number of ketones is 1. The molecule has 0 aromatic rings. The van der Waals surface area contributed by atoms with E-state index in [-0.39, 0.29) is 17.7 Å². The lowest BCUT2D eigenvalue weighted by molar-refractivity contribution is -0.123. The molecular formula is C11H18BrNO3. The van der Waals surface area contributed by atoms with Crippen LogP contribution in [0, 0.1) is 5.92 Å². The molecule has 0 unspecified atom stereocenters. The van der Waals surface area contributed by atoms with E-state index in [1.165, 1.54) is 0 Å². The summed E-state index contributed by atoms with van der Waals surface area (Å²) in [6, 6.07) is 0.0860. The first kappa shape index (κ1) is 13.5. The van der Waals surface area contributed by atoms with Crippen LogP contribution in [0.15, 0.2) is 0 Å². The van der Waals surface area contributed by atoms with E-state index in [1.807, 2.05) is 20.8 Å². The Hall–Kier alpha value is -0.580. The molecule has 1 fully saturated rings. The van der Waals surface area contributed by atoms with Gasteiger partial charge in [0.15, 0.2) is 0 Å². The number of rotatable bonds is 3. The van der Waals surface area contributed by atoms with Gasteiger partial charge in [0.05, 0.1) is 5.33 Å². The zero-order chi connectivity index (χ0) is 12.3. The van der Waals surface area contributed by atoms with Gasteiger partial charge in [0, 0.05) is 12.0 Å². The van der Waals surface area contributed by atoms with Crippen LogP contribution in [0.4, 0.5) is 4.79 Å². The standard InChI is InChI=1S/C11H18BrNO3/c1-11(2,3)16-10(15)13-8-4-7(5-8)9(14)6-12/h7-8H,4-6H2,1-3H3,(H,13,15). The van der Waals surface area contributed by atoms with Gasteiger partial charge in [0.1, 0.15) is 11.4 Å². The number of Topliss-reactive ketones (excluding diaryl/α,β-unsaturated/α-hetero) is 1. The number of carbonyl (C=O) groups is 2. The van der Waals surface area contributed by atoms with Crippen LogP contribution >= 0.6 is 15.9 Å². The first-order valence-electron chi connectivity index (χ1n) is 5.40. The maximum atomic E-state index is 11.4. The van der Waals surface area contributed by atoms with Gasteiger partial charge in [-0.15, -0.1) is 0 Å². The number of alkyl halides is 1. The third kappa shape index (κ3) is 4.12. The molecule has 1 aliphatic carbocycles. The van der Waals surface area contributed by atoms with Gasteiger partial charge in [-0.3, -0.25) is 4.79 Å². The molecule has 92 valence electrons. The molecule has 16 heavy (non-hydrogen) atoms. The van der Waals surface area contributed by atoms with E-state index in [1.54, 1.807) is 0 Å². The van der Waals surface area contributed by atoms with Crippen molar-refractivity contribution in [2.45, 2.75) is 45.3 Å². The van der Waals surface area contributed by atoms with Crippen molar-refractivity contribution >= 4 is 27.8 Å². The quantitative estimate of drug-likeness (QED) is 0.812. The molecule has 0 radical (unpaired) electrons. The average molecular weight is 292 g/mol. The third-order valence-electron chi connectivity index (χ3n) is 2.45. The Balaban J connectivity index is 2.22. The number of halogens is 1. The number of amides is 1. The molecule has 0 bridgehead atoms. The fourth-order valence-electron chi connectivity index (χ4n) is 1.58. The van der Waals surface area contributed by atoms with Crippen LogP contribution < -0.4 is 5.32 Å². The second kappa shape index (κ2) is 5.17. The van der Waals surface area contributed by atoms with Gasteiger partial charge in [-0.25, -0.2) is 4.79 Å². The van der Waals surface area contributed by atoms with Gasteiger partial charge in [0.25, 0.3) is 0 Å². The Kier molecular flexibility index (Phi) is 4.35. The molecule has 0 saturated heterocycles. The molecule has 0 spiro atoms. The molecule has 1 saturated carbocycles. The van der Waals surface area contributed by atoms with Gasteiger partial charge in [0.2, 0.25) is 0 Å². The number of nitrogens with one attached hydrogen (secondary N) is 1. The number of carbonyl (C=O) groups excluding carboxylic acids is 2. The van der Waals surface area contributed by atoms with Crippen molar-refractivity contribution in [1.82, 2.24) is 5.32 Å². The van der Waals surface area contributed by atoms with E-state index >= 15 is 0 Å². The van der Waals surface area contributed by atoms with E-state index in [4.69, 9.17) is 4.74 Å². The van der Waals surface area contributed by atoms with Crippen molar-refractivity contribution in [2.75, 3.05) is 5.33 Å². The minimum Gasteiger partial charge on any atom is -0.444 e. The van der Waals surface area contributed by atoms with Crippen LogP contribution in [0.5, 0.6) is 0 Å². The van der Waals surface area contributed by atoms with E-state index in [0.29, 0.717) is 5.33 Å². The lowest BCUT2D eigenvalue weighted by Crippen LogP contribution is -2.48. The summed E-state index contributed by atoms with van der Waals surface area (Å²) >= 11 is 3.14. The summed E-state index contributed by atoms with van der Waals surface area (Å²) in [5.74, 6) is 0.307. The van der Waals surface area contributed by atoms with Gasteiger partial charge < -0.3 is 10.1 Å². The predicted octanol–water partition coefficient (Wildman–Crippen LogP) is 2.25. The largest absolute Gasteiger partial charge is 0.444 e. The molecule has 0 heterocycles. The highest BCUT2D eigenvalue weighted by molar-refractivity contribution is 9.09. The number of ether oxygens (including phenoxy) is 1. The Morgan fingerprint density at radius 2 is 1.94 bits per heavy atom. The molecule has 1 aliphatic rings. The fraction of sp³-hybridized carbons (Fsp3) is 0.818. The molecule has 0 aromatic heterocycles. The first-order chi connectivity index (χ1) is 7.31. The number of hydrogen-bond acceptors (Lipinski definition) is 3. The van der Waals surface area contributed by atoms with Crippen LogP contribution in [-0.4, -0.2) is 28.8 Å². The van der Waals surface area contributed by atoms with Crippen LogP contribution in [0.1, 0.15) is 33.6 Å². The van der Waals surface area contributed by atoms with Gasteiger partial charge in [-0.05, 0) is 33.6 Å². The lowest BCUT2D eigenvalue weighted by atomic mass is 9.78. The maximum Gasteiger partial charge on any atom is 0.407 e. The first-order valence-corrected chi connectivity index (χ1v) is 6.52. The molecule has 1 amide bonds. The average Bonchev–Trinajstić information content (AvgIpc) is 2.06. The van der Waals surface area contributed by atoms with E-state index in [2.05, 4.69) is 21.2 Å². The van der Waals surface area contributed by atoms with E-state index < -0.39 is 11.7 Å². The van der Waals surface area contributed by atoms with Crippen molar-refractivity contribution in [3.05, 3.63) is 0 Å². The van der Waals surface area contributed by atoms with Crippen LogP contribution in [-0.2, 0) is 9.53 Å². The second-order valence-electron chi connectivity index (χ2n) is 5.11. The minimum absolute atomic E-state index is 0.0860. The van der Waals surface area contributed by atoms with Crippen molar-refractivity contribution < 1.29 is 14.3 Å². The van der Waals surface area contributed by atoms with Gasteiger partial charge in [-0.1, -0.05) is 15.9 Å². The molecule has 1 N–H and O–H groups in total. The Labute approximate surface area is 104 Å². The Morgan fingerprint density at radius 3 is 2.38 bits per heavy atom. The van der Waals surface area contributed by atoms with Crippen molar-refractivity contribution in [3.8, 4) is 0 Å². The summed E-state index contributed by atoms with van der Waals surface area (Å²) in [7, 11) is 0. The second-order valence-corrected chi connectivity index (χ2v) is 5.67. The van der Waals surface area contributed by atoms with Crippen molar-refractivity contribution in [1.29, 1.82) is 0 Å². The summed E-state index contributed by atoms with van der Waals surface area (Å²) in [6.07, 6.45) is 1.05. The van der Waals surface area contributed by atoms with Crippen LogP contribution in [0.25, 0.3) is 0 Å². The van der Waals surface area contributed by atoms with Crippen molar-refractivity contribution in [2.24, 2.45) is 5.92 Å². The molecule has 0 atom stereocenters. The highest BCUT2D eigenvalue weighted by Crippen LogP contribution is 2.28. The summed E-state index contributed by atoms with van der Waals surface area (Å²) in [4.78, 5) is 22.6. The smallest absolute Gasteiger partial charge is 0.407 e. The third-order valence-corrected chi connectivity index (χ3v) is 3.00. The molecule has 0 aliphatic heterocycles. The SMILES string of the molecule is CC(C)(C)OC(=O)NC1CC(C(=O)CBr)C1. The molecule has 4 nitrogen and oxygen atoms in total. The zero-order valence-electron chi connectivity index (χ0n) is 9.88. The topological polar surface area (TPSA) is 55.4 Å². The monoisotopic (exact) mass is 291 g/mol. The highest BCUT2D eigenvalue weighted by atomic mass is 79.9. The van der Waals surface area contributed by atoms with Gasteiger partial charge in [-0.2, -0.15) is 0 Å². The van der Waals surface area contributed by atoms with Crippen molar-refractivity contribution in [3.63, 3.8) is 0 Å². The normalized spacial score (nSPS) is 24.5. The summed E-state index contributed by atoms with van der Waals surface area (Å²) in [5, 5.41) is 3.15. The maximum absolute atomic E-state index is 11.4. The van der Waals surface area contributed by atoms with E-state index in [0.717, 1.165) is 12.8 Å². The summed E-state index contributed by atoms with van der Waals surface area (Å²) < 4.78 is 5.12. The molecule has 5 heteroatoms.